The minimum Gasteiger partial charge on any atom is -0.508 e. The number of phenolic OH excluding ortho intramolecular Hbond substituents is 1. The van der Waals surface area contributed by atoms with E-state index in [9.17, 15) is 9.90 Å². The minimum absolute atomic E-state index is 0.0955. The lowest BCUT2D eigenvalue weighted by Crippen LogP contribution is -2.39. The van der Waals surface area contributed by atoms with Crippen LogP contribution in [0.2, 0.25) is 0 Å². The Bertz CT molecular complexity index is 970. The molecule has 0 radical (unpaired) electrons. The Labute approximate surface area is 148 Å². The van der Waals surface area contributed by atoms with Crippen LogP contribution in [0.15, 0.2) is 61.1 Å². The molecule has 1 aliphatic heterocycles. The van der Waals surface area contributed by atoms with E-state index in [1.165, 1.54) is 4.68 Å². The topological polar surface area (TPSA) is 119 Å². The highest BCUT2D eigenvalue weighted by atomic mass is 16.3. The summed E-state index contributed by atoms with van der Waals surface area (Å²) in [7, 11) is 0. The second-order valence-corrected chi connectivity index (χ2v) is 5.90. The zero-order valence-electron chi connectivity index (χ0n) is 13.6. The lowest BCUT2D eigenvalue weighted by molar-refractivity contribution is -0.377. The Kier molecular flexibility index (Phi) is 3.81. The first kappa shape index (κ1) is 15.8. The van der Waals surface area contributed by atoms with Gasteiger partial charge >= 0.3 is 0 Å². The molecular weight excluding hydrogens is 334 g/mol. The van der Waals surface area contributed by atoms with Crippen LogP contribution in [-0.4, -0.2) is 31.2 Å². The van der Waals surface area contributed by atoms with Crippen molar-refractivity contribution >= 4 is 17.5 Å². The molecule has 0 saturated heterocycles. The van der Waals surface area contributed by atoms with Crippen LogP contribution in [0, 0.1) is 5.92 Å². The summed E-state index contributed by atoms with van der Waals surface area (Å²) in [6.45, 7) is 3.98. The monoisotopic (exact) mass is 350 g/mol. The van der Waals surface area contributed by atoms with Gasteiger partial charge in [0.15, 0.2) is 12.4 Å². The number of rotatable bonds is 3. The Morgan fingerprint density at radius 1 is 1.35 bits per heavy atom. The maximum absolute atomic E-state index is 13.0. The maximum Gasteiger partial charge on any atom is 0.247 e. The Hall–Kier alpha value is -3.75. The molecule has 1 aliphatic rings. The van der Waals surface area contributed by atoms with E-state index in [0.717, 1.165) is 0 Å². The van der Waals surface area contributed by atoms with Crippen LogP contribution in [0.1, 0.15) is 11.6 Å². The molecule has 4 rings (SSSR count). The number of hydrogen-bond donors (Lipinski definition) is 3. The number of carbonyl (C=O) groups excluding carboxylic acids is 1. The molecule has 0 saturated carbocycles. The van der Waals surface area contributed by atoms with Crippen molar-refractivity contribution in [1.29, 1.82) is 0 Å². The molecule has 3 aromatic rings. The molecule has 1 amide bonds. The number of aromatic nitrogens is 5. The Morgan fingerprint density at radius 3 is 3.00 bits per heavy atom. The molecule has 0 spiro atoms. The predicted molar refractivity (Wildman–Crippen MR) is 91.9 cm³/mol. The second kappa shape index (κ2) is 6.28. The number of aromatic amines is 1. The van der Waals surface area contributed by atoms with Crippen molar-refractivity contribution in [3.05, 3.63) is 66.6 Å². The minimum atomic E-state index is -0.687. The SMILES string of the molecule is C=C1Nc2nnnn2C(c2cccc(O)c2)C1C(=O)Nc1ccc[nH+]c1. The number of fused-ring (bicyclic) bond motifs is 1. The molecule has 2 unspecified atom stereocenters. The summed E-state index contributed by atoms with van der Waals surface area (Å²) >= 11 is 0. The maximum atomic E-state index is 13.0. The van der Waals surface area contributed by atoms with E-state index >= 15 is 0 Å². The molecule has 3 heterocycles. The number of nitrogens with one attached hydrogen (secondary N) is 3. The first-order valence-electron chi connectivity index (χ1n) is 7.93. The summed E-state index contributed by atoms with van der Waals surface area (Å²) in [5, 5.41) is 27.3. The Balaban J connectivity index is 1.75. The van der Waals surface area contributed by atoms with Crippen molar-refractivity contribution in [1.82, 2.24) is 20.2 Å². The van der Waals surface area contributed by atoms with Gasteiger partial charge in [0.2, 0.25) is 11.9 Å². The molecule has 130 valence electrons. The van der Waals surface area contributed by atoms with Crippen LogP contribution in [0.3, 0.4) is 0 Å². The molecule has 9 nitrogen and oxygen atoms in total. The first-order valence-corrected chi connectivity index (χ1v) is 7.93. The average Bonchev–Trinajstić information content (AvgIpc) is 3.09. The smallest absolute Gasteiger partial charge is 0.247 e. The quantitative estimate of drug-likeness (QED) is 0.648. The molecule has 1 aromatic carbocycles. The number of tetrazole rings is 1. The molecule has 0 fully saturated rings. The number of benzene rings is 1. The van der Waals surface area contributed by atoms with Gasteiger partial charge in [-0.15, -0.1) is 0 Å². The number of pyridine rings is 1. The fourth-order valence-electron chi connectivity index (χ4n) is 3.05. The predicted octanol–water partition coefficient (Wildman–Crippen LogP) is 0.976. The van der Waals surface area contributed by atoms with Crippen molar-refractivity contribution in [3.8, 4) is 5.75 Å². The number of amides is 1. The zero-order valence-corrected chi connectivity index (χ0v) is 13.6. The summed E-state index contributed by atoms with van der Waals surface area (Å²) < 4.78 is 1.52. The molecule has 2 atom stereocenters. The largest absolute Gasteiger partial charge is 0.508 e. The van der Waals surface area contributed by atoms with Crippen LogP contribution in [0.4, 0.5) is 11.6 Å². The molecule has 2 aromatic heterocycles. The van der Waals surface area contributed by atoms with Crippen LogP contribution in [0.25, 0.3) is 0 Å². The standard InChI is InChI=1S/C17H15N7O2/c1-10-14(16(26)20-12-5-3-7-18-9-12)15(11-4-2-6-13(25)8-11)24-17(19-10)21-22-23-24/h2-9,14-15,25H,1H2,(H,20,26)(H,19,21,23)/p+1. The van der Waals surface area contributed by atoms with Gasteiger partial charge in [-0.05, 0) is 34.2 Å². The zero-order chi connectivity index (χ0) is 18.1. The van der Waals surface area contributed by atoms with E-state index in [-0.39, 0.29) is 11.7 Å². The van der Waals surface area contributed by atoms with E-state index in [4.69, 9.17) is 0 Å². The van der Waals surface area contributed by atoms with Gasteiger partial charge < -0.3 is 15.7 Å². The van der Waals surface area contributed by atoms with Gasteiger partial charge in [0.25, 0.3) is 0 Å². The van der Waals surface area contributed by atoms with Crippen molar-refractivity contribution in [2.24, 2.45) is 5.92 Å². The van der Waals surface area contributed by atoms with Gasteiger partial charge in [-0.25, -0.2) is 9.67 Å². The van der Waals surface area contributed by atoms with E-state index in [2.05, 4.69) is 37.7 Å². The fraction of sp³-hybridized carbons (Fsp3) is 0.118. The lowest BCUT2D eigenvalue weighted by Gasteiger charge is -2.33. The van der Waals surface area contributed by atoms with E-state index in [0.29, 0.717) is 22.9 Å². The van der Waals surface area contributed by atoms with Crippen LogP contribution in [-0.2, 0) is 4.79 Å². The van der Waals surface area contributed by atoms with Crippen LogP contribution in [0.5, 0.6) is 5.75 Å². The average molecular weight is 350 g/mol. The first-order chi connectivity index (χ1) is 12.6. The third-order valence-electron chi connectivity index (χ3n) is 4.19. The second-order valence-electron chi connectivity index (χ2n) is 5.90. The number of nitrogens with zero attached hydrogens (tertiary/aromatic N) is 4. The lowest BCUT2D eigenvalue weighted by atomic mass is 9.88. The van der Waals surface area contributed by atoms with Gasteiger partial charge in [0.05, 0.1) is 6.04 Å². The summed E-state index contributed by atoms with van der Waals surface area (Å²) in [4.78, 5) is 15.9. The summed E-state index contributed by atoms with van der Waals surface area (Å²) in [6.07, 6.45) is 3.43. The number of hydrogen-bond acceptors (Lipinski definition) is 6. The molecular formula is C17H16N7O2+. The summed E-state index contributed by atoms with van der Waals surface area (Å²) in [5.74, 6) is -0.469. The molecule has 0 aliphatic carbocycles. The van der Waals surface area contributed by atoms with Gasteiger partial charge in [-0.1, -0.05) is 23.8 Å². The highest BCUT2D eigenvalue weighted by Gasteiger charge is 2.40. The summed E-state index contributed by atoms with van der Waals surface area (Å²) in [6, 6.07) is 9.69. The normalized spacial score (nSPS) is 18.7. The van der Waals surface area contributed by atoms with Crippen molar-refractivity contribution < 1.29 is 14.9 Å². The third kappa shape index (κ3) is 2.75. The number of carbonyl (C=O) groups is 1. The number of phenols is 1. The highest BCUT2D eigenvalue weighted by molar-refractivity contribution is 5.95. The molecule has 0 bridgehead atoms. The number of H-pyrrole nitrogens is 1. The van der Waals surface area contributed by atoms with Gasteiger partial charge in [-0.3, -0.25) is 4.79 Å². The van der Waals surface area contributed by atoms with E-state index < -0.39 is 12.0 Å². The van der Waals surface area contributed by atoms with Crippen molar-refractivity contribution in [3.63, 3.8) is 0 Å². The summed E-state index contributed by atoms with van der Waals surface area (Å²) in [5.41, 5.74) is 1.79. The van der Waals surface area contributed by atoms with E-state index in [1.807, 2.05) is 6.07 Å². The molecule has 26 heavy (non-hydrogen) atoms. The number of aromatic hydroxyl groups is 1. The van der Waals surface area contributed by atoms with Gasteiger partial charge in [-0.2, -0.15) is 0 Å². The van der Waals surface area contributed by atoms with Gasteiger partial charge in [0, 0.05) is 11.8 Å². The van der Waals surface area contributed by atoms with Crippen LogP contribution >= 0.6 is 0 Å². The molecule has 9 heteroatoms. The van der Waals surface area contributed by atoms with Gasteiger partial charge in [0.1, 0.15) is 17.4 Å². The fourth-order valence-corrected chi connectivity index (χ4v) is 3.05. The van der Waals surface area contributed by atoms with E-state index in [1.54, 1.807) is 42.7 Å². The van der Waals surface area contributed by atoms with Crippen molar-refractivity contribution in [2.75, 3.05) is 10.6 Å². The Morgan fingerprint density at radius 2 is 2.23 bits per heavy atom. The molecule has 4 N–H and O–H groups in total. The third-order valence-corrected chi connectivity index (χ3v) is 4.19. The number of anilines is 2. The van der Waals surface area contributed by atoms with Crippen LogP contribution < -0.4 is 15.6 Å². The highest BCUT2D eigenvalue weighted by Crippen LogP contribution is 2.38. The van der Waals surface area contributed by atoms with Crippen molar-refractivity contribution in [2.45, 2.75) is 6.04 Å².